The van der Waals surface area contributed by atoms with Gasteiger partial charge >= 0.3 is 5.97 Å². The molecule has 140 valence electrons. The molecule has 26 heavy (non-hydrogen) atoms. The number of nitrogens with zero attached hydrogens (tertiary/aromatic N) is 1. The average Bonchev–Trinajstić information content (AvgIpc) is 3.11. The number of carbonyl (C=O) groups is 2. The minimum Gasteiger partial charge on any atom is -0.467 e. The van der Waals surface area contributed by atoms with Crippen LogP contribution in [0.3, 0.4) is 0 Å². The Bertz CT molecular complexity index is 844. The highest BCUT2D eigenvalue weighted by atomic mass is 32.2. The summed E-state index contributed by atoms with van der Waals surface area (Å²) in [5.41, 5.74) is 0.917. The summed E-state index contributed by atoms with van der Waals surface area (Å²) >= 11 is 0. The lowest BCUT2D eigenvalue weighted by atomic mass is 10.2. The van der Waals surface area contributed by atoms with Crippen molar-refractivity contribution in [3.63, 3.8) is 0 Å². The lowest BCUT2D eigenvalue weighted by Gasteiger charge is -2.15. The summed E-state index contributed by atoms with van der Waals surface area (Å²) in [5.74, 6) is -0.686. The van der Waals surface area contributed by atoms with Gasteiger partial charge in [0.1, 0.15) is 12.3 Å². The first-order valence-corrected chi connectivity index (χ1v) is 9.24. The van der Waals surface area contributed by atoms with E-state index in [0.717, 1.165) is 5.56 Å². The first-order chi connectivity index (χ1) is 12.3. The summed E-state index contributed by atoms with van der Waals surface area (Å²) in [6.45, 7) is 1.03. The van der Waals surface area contributed by atoms with Gasteiger partial charge in [-0.1, -0.05) is 17.7 Å². The fourth-order valence-corrected chi connectivity index (χ4v) is 2.95. The molecule has 1 aromatic carbocycles. The number of ether oxygens (including phenoxy) is 1. The highest BCUT2D eigenvalue weighted by Gasteiger charge is 2.17. The fraction of sp³-hybridized carbons (Fsp3) is 0.294. The molecule has 1 aromatic heterocycles. The van der Waals surface area contributed by atoms with Crippen molar-refractivity contribution in [2.75, 3.05) is 20.2 Å². The Labute approximate surface area is 151 Å². The van der Waals surface area contributed by atoms with Crippen LogP contribution in [-0.2, 0) is 30.9 Å². The second kappa shape index (κ2) is 8.63. The smallest absolute Gasteiger partial charge is 0.321 e. The van der Waals surface area contributed by atoms with Gasteiger partial charge in [-0.15, -0.1) is 0 Å². The minimum atomic E-state index is -3.82. The summed E-state index contributed by atoms with van der Waals surface area (Å²) in [7, 11) is -2.28. The van der Waals surface area contributed by atoms with E-state index < -0.39 is 35.1 Å². The lowest BCUT2D eigenvalue weighted by Crippen LogP contribution is -2.34. The Morgan fingerprint density at radius 1 is 1.19 bits per heavy atom. The Morgan fingerprint density at radius 3 is 2.50 bits per heavy atom. The van der Waals surface area contributed by atoms with Gasteiger partial charge in [0, 0.05) is 7.05 Å². The molecule has 0 saturated heterocycles. The normalized spacial score (nSPS) is 11.2. The van der Waals surface area contributed by atoms with Gasteiger partial charge in [0.15, 0.2) is 6.61 Å². The van der Waals surface area contributed by atoms with Crippen molar-refractivity contribution in [1.82, 2.24) is 9.62 Å². The number of sulfonamides is 1. The van der Waals surface area contributed by atoms with Crippen molar-refractivity contribution in [3.05, 3.63) is 54.0 Å². The van der Waals surface area contributed by atoms with Gasteiger partial charge in [-0.25, -0.2) is 8.42 Å². The molecule has 0 aliphatic carbocycles. The molecule has 2 rings (SSSR count). The number of aryl methyl sites for hydroxylation is 1. The Balaban J connectivity index is 1.77. The molecule has 1 N–H and O–H groups in total. The van der Waals surface area contributed by atoms with Crippen LogP contribution < -0.4 is 4.72 Å². The van der Waals surface area contributed by atoms with Crippen molar-refractivity contribution in [2.24, 2.45) is 0 Å². The van der Waals surface area contributed by atoms with Crippen LogP contribution in [0, 0.1) is 6.92 Å². The zero-order chi connectivity index (χ0) is 19.2. The molecule has 1 heterocycles. The number of furan rings is 1. The molecular weight excluding hydrogens is 360 g/mol. The van der Waals surface area contributed by atoms with E-state index in [9.17, 15) is 18.0 Å². The van der Waals surface area contributed by atoms with Crippen LogP contribution in [0.15, 0.2) is 52.0 Å². The van der Waals surface area contributed by atoms with Gasteiger partial charge < -0.3 is 14.1 Å². The molecule has 2 aromatic rings. The summed E-state index contributed by atoms with van der Waals surface area (Å²) in [6.07, 6.45) is 1.49. The van der Waals surface area contributed by atoms with E-state index in [1.165, 1.54) is 23.3 Å². The highest BCUT2D eigenvalue weighted by molar-refractivity contribution is 7.89. The summed E-state index contributed by atoms with van der Waals surface area (Å²) in [4.78, 5) is 25.0. The maximum absolute atomic E-state index is 12.1. The molecule has 0 unspecified atom stereocenters. The van der Waals surface area contributed by atoms with Crippen LogP contribution in [0.4, 0.5) is 0 Å². The van der Waals surface area contributed by atoms with Crippen molar-refractivity contribution in [2.45, 2.75) is 18.4 Å². The zero-order valence-corrected chi connectivity index (χ0v) is 15.3. The maximum atomic E-state index is 12.1. The topological polar surface area (TPSA) is 106 Å². The van der Waals surface area contributed by atoms with Gasteiger partial charge in [0.25, 0.3) is 5.91 Å². The van der Waals surface area contributed by atoms with Gasteiger partial charge in [-0.3, -0.25) is 9.59 Å². The number of hydrogen-bond acceptors (Lipinski definition) is 6. The lowest BCUT2D eigenvalue weighted by molar-refractivity contribution is -0.150. The second-order valence-corrected chi connectivity index (χ2v) is 7.39. The molecule has 0 spiro atoms. The van der Waals surface area contributed by atoms with Gasteiger partial charge in [0.05, 0.1) is 17.7 Å². The summed E-state index contributed by atoms with van der Waals surface area (Å²) < 4.78 is 36.2. The molecule has 1 amide bonds. The van der Waals surface area contributed by atoms with Crippen LogP contribution in [0.25, 0.3) is 0 Å². The molecular formula is C17H20N2O6S. The van der Waals surface area contributed by atoms with E-state index in [4.69, 9.17) is 9.15 Å². The van der Waals surface area contributed by atoms with E-state index in [1.807, 2.05) is 6.92 Å². The number of esters is 1. The van der Waals surface area contributed by atoms with Crippen LogP contribution in [-0.4, -0.2) is 45.4 Å². The van der Waals surface area contributed by atoms with Crippen molar-refractivity contribution < 1.29 is 27.2 Å². The van der Waals surface area contributed by atoms with E-state index in [-0.39, 0.29) is 11.4 Å². The van der Waals surface area contributed by atoms with Crippen LogP contribution in [0.2, 0.25) is 0 Å². The largest absolute Gasteiger partial charge is 0.467 e. The first-order valence-electron chi connectivity index (χ1n) is 7.76. The van der Waals surface area contributed by atoms with Gasteiger partial charge in [-0.05, 0) is 31.2 Å². The monoisotopic (exact) mass is 380 g/mol. The summed E-state index contributed by atoms with van der Waals surface area (Å²) in [6, 6.07) is 9.61. The Morgan fingerprint density at radius 2 is 1.88 bits per heavy atom. The first kappa shape index (κ1) is 19.7. The number of hydrogen-bond donors (Lipinski definition) is 1. The highest BCUT2D eigenvalue weighted by Crippen LogP contribution is 2.09. The van der Waals surface area contributed by atoms with E-state index >= 15 is 0 Å². The van der Waals surface area contributed by atoms with E-state index in [0.29, 0.717) is 5.76 Å². The number of amides is 1. The van der Waals surface area contributed by atoms with Crippen molar-refractivity contribution in [3.8, 4) is 0 Å². The number of nitrogens with one attached hydrogen (secondary N) is 1. The standard InChI is InChI=1S/C17H20N2O6S/c1-13-5-7-15(8-6-13)26(22,23)18-10-17(21)25-12-16(20)19(2)11-14-4-3-9-24-14/h3-9,18H,10-12H2,1-2H3. The zero-order valence-electron chi connectivity index (χ0n) is 14.5. The molecule has 0 fully saturated rings. The third-order valence-corrected chi connectivity index (χ3v) is 4.91. The quantitative estimate of drug-likeness (QED) is 0.687. The molecule has 0 bridgehead atoms. The van der Waals surface area contributed by atoms with E-state index in [2.05, 4.69) is 4.72 Å². The second-order valence-electron chi connectivity index (χ2n) is 5.63. The van der Waals surface area contributed by atoms with Gasteiger partial charge in [0.2, 0.25) is 10.0 Å². The Kier molecular flexibility index (Phi) is 6.53. The molecule has 8 nitrogen and oxygen atoms in total. The third kappa shape index (κ3) is 5.71. The predicted octanol–water partition coefficient (Wildman–Crippen LogP) is 1.07. The Hall–Kier alpha value is -2.65. The number of carbonyl (C=O) groups excluding carboxylic acids is 2. The molecule has 0 atom stereocenters. The fourth-order valence-electron chi connectivity index (χ4n) is 1.98. The minimum absolute atomic E-state index is 0.0464. The molecule has 0 saturated carbocycles. The van der Waals surface area contributed by atoms with Crippen molar-refractivity contribution >= 4 is 21.9 Å². The van der Waals surface area contributed by atoms with Crippen LogP contribution in [0.1, 0.15) is 11.3 Å². The van der Waals surface area contributed by atoms with Crippen LogP contribution in [0.5, 0.6) is 0 Å². The summed E-state index contributed by atoms with van der Waals surface area (Å²) in [5, 5.41) is 0. The van der Waals surface area contributed by atoms with E-state index in [1.54, 1.807) is 31.3 Å². The number of benzene rings is 1. The third-order valence-electron chi connectivity index (χ3n) is 3.49. The maximum Gasteiger partial charge on any atom is 0.321 e. The molecule has 9 heteroatoms. The molecule has 0 aliphatic heterocycles. The SMILES string of the molecule is Cc1ccc(S(=O)(=O)NCC(=O)OCC(=O)N(C)Cc2ccco2)cc1. The number of likely N-dealkylation sites (N-methyl/N-ethyl adjacent to an activating group) is 1. The molecule has 0 aliphatic rings. The predicted molar refractivity (Wildman–Crippen MR) is 92.5 cm³/mol. The molecule has 0 radical (unpaired) electrons. The van der Waals surface area contributed by atoms with Crippen LogP contribution >= 0.6 is 0 Å². The van der Waals surface area contributed by atoms with Gasteiger partial charge in [-0.2, -0.15) is 4.72 Å². The van der Waals surface area contributed by atoms with Crippen molar-refractivity contribution in [1.29, 1.82) is 0 Å². The number of rotatable bonds is 8. The average molecular weight is 380 g/mol.